The molecule has 0 radical (unpaired) electrons. The molecule has 0 fully saturated rings. The first-order valence-electron chi connectivity index (χ1n) is 18.9. The zero-order valence-corrected chi connectivity index (χ0v) is 30.7. The average Bonchev–Trinajstić information content (AvgIpc) is 3.80. The monoisotopic (exact) mass is 767 g/mol. The first-order chi connectivity index (χ1) is 27.8. The van der Waals surface area contributed by atoms with Crippen molar-refractivity contribution in [3.63, 3.8) is 0 Å². The molecule has 0 aliphatic carbocycles. The zero-order valence-electron chi connectivity index (χ0n) is 30.7. The molecule has 0 spiro atoms. The summed E-state index contributed by atoms with van der Waals surface area (Å²) in [5, 5.41) is 4.92. The molecule has 0 saturated heterocycles. The van der Waals surface area contributed by atoms with Crippen molar-refractivity contribution < 1.29 is 4.70 Å². The van der Waals surface area contributed by atoms with E-state index in [0.717, 1.165) is 44.7 Å². The molecule has 6 heteroatoms. The highest BCUT2D eigenvalue weighted by atomic mass is 19.0. The standard InChI is InChI=1S/C51H33N5.2CH4.FH/c1-3-15-34(16-4-1)49-52-50(35-17-5-2-6-18-35)54-51(53-49)38-20-13-19-36(31-38)37-29-30-48-44(32-37)43-25-9-12-28-47(43)56(48)40-22-14-21-39(33-40)55-45-26-10-7-23-41(45)42-24-8-11-27-46(42)55;;;/h1-33H;2*1H4;1H. The maximum atomic E-state index is 4.99. The molecule has 0 aliphatic rings. The van der Waals surface area contributed by atoms with E-state index in [2.05, 4.69) is 149 Å². The Bertz CT molecular complexity index is 3150. The van der Waals surface area contributed by atoms with Crippen molar-refractivity contribution in [2.45, 2.75) is 14.9 Å². The highest BCUT2D eigenvalue weighted by Gasteiger charge is 2.17. The van der Waals surface area contributed by atoms with Gasteiger partial charge in [-0.1, -0.05) is 160 Å². The van der Waals surface area contributed by atoms with Crippen molar-refractivity contribution in [2.24, 2.45) is 0 Å². The molecule has 8 aromatic carbocycles. The van der Waals surface area contributed by atoms with Gasteiger partial charge in [-0.3, -0.25) is 4.70 Å². The van der Waals surface area contributed by atoms with Gasteiger partial charge in [0.15, 0.2) is 17.5 Å². The minimum atomic E-state index is 0. The fourth-order valence-electron chi connectivity index (χ4n) is 8.18. The van der Waals surface area contributed by atoms with Gasteiger partial charge in [0.25, 0.3) is 0 Å². The SMILES string of the molecule is C.C.F.c1ccc(-c2nc(-c3ccccc3)nc(-c3cccc(-c4ccc5c(c4)c4ccccc4n5-c4cccc(-n5c6ccccc6c6ccccc65)c4)c3)n2)cc1. The van der Waals surface area contributed by atoms with Gasteiger partial charge in [-0.15, -0.1) is 0 Å². The number of hydrogen-bond donors (Lipinski definition) is 0. The van der Waals surface area contributed by atoms with Crippen LogP contribution in [0.2, 0.25) is 0 Å². The van der Waals surface area contributed by atoms with Crippen molar-refractivity contribution in [1.82, 2.24) is 24.1 Å². The number of halogens is 1. The Labute approximate surface area is 342 Å². The van der Waals surface area contributed by atoms with Crippen molar-refractivity contribution in [3.05, 3.63) is 200 Å². The maximum Gasteiger partial charge on any atom is 0.164 e. The molecule has 11 rings (SSSR count). The number of rotatable bonds is 6. The molecule has 0 amide bonds. The van der Waals surface area contributed by atoms with Gasteiger partial charge in [0, 0.05) is 49.6 Å². The minimum absolute atomic E-state index is 0. The summed E-state index contributed by atoms with van der Waals surface area (Å²) in [6.07, 6.45) is 0. The summed E-state index contributed by atoms with van der Waals surface area (Å²) >= 11 is 0. The smallest absolute Gasteiger partial charge is 0.164 e. The third-order valence-corrected chi connectivity index (χ3v) is 10.8. The number of para-hydroxylation sites is 3. The second kappa shape index (κ2) is 15.7. The summed E-state index contributed by atoms with van der Waals surface area (Å²) in [5.41, 5.74) is 12.0. The van der Waals surface area contributed by atoms with E-state index >= 15 is 0 Å². The largest absolute Gasteiger partial charge is 0.309 e. The van der Waals surface area contributed by atoms with Gasteiger partial charge in [-0.2, -0.15) is 0 Å². The van der Waals surface area contributed by atoms with Gasteiger partial charge in [-0.25, -0.2) is 15.0 Å². The normalized spacial score (nSPS) is 11.0. The Morgan fingerprint density at radius 3 is 1.17 bits per heavy atom. The molecule has 0 N–H and O–H groups in total. The molecule has 3 heterocycles. The highest BCUT2D eigenvalue weighted by Crippen LogP contribution is 2.38. The molecule has 11 aromatic rings. The molecule has 0 aliphatic heterocycles. The van der Waals surface area contributed by atoms with Crippen LogP contribution in [0.3, 0.4) is 0 Å². The van der Waals surface area contributed by atoms with E-state index in [1.807, 2.05) is 60.7 Å². The van der Waals surface area contributed by atoms with Gasteiger partial charge < -0.3 is 9.13 Å². The topological polar surface area (TPSA) is 48.5 Å². The van der Waals surface area contributed by atoms with Crippen molar-refractivity contribution in [2.75, 3.05) is 0 Å². The molecule has 59 heavy (non-hydrogen) atoms. The van der Waals surface area contributed by atoms with Crippen LogP contribution in [0.15, 0.2) is 200 Å². The van der Waals surface area contributed by atoms with Crippen LogP contribution in [0, 0.1) is 0 Å². The number of nitrogens with zero attached hydrogens (tertiary/aromatic N) is 5. The summed E-state index contributed by atoms with van der Waals surface area (Å²) in [5.74, 6) is 1.94. The number of fused-ring (bicyclic) bond motifs is 6. The molecule has 5 nitrogen and oxygen atoms in total. The Morgan fingerprint density at radius 2 is 0.644 bits per heavy atom. The molecule has 0 unspecified atom stereocenters. The summed E-state index contributed by atoms with van der Waals surface area (Å²) in [4.78, 5) is 14.9. The van der Waals surface area contributed by atoms with Gasteiger partial charge in [-0.05, 0) is 65.7 Å². The van der Waals surface area contributed by atoms with Crippen LogP contribution in [0.25, 0.3) is 100 Å². The minimum Gasteiger partial charge on any atom is -0.309 e. The Morgan fingerprint density at radius 1 is 0.271 bits per heavy atom. The van der Waals surface area contributed by atoms with Crippen LogP contribution < -0.4 is 0 Å². The third kappa shape index (κ3) is 6.51. The Kier molecular flexibility index (Phi) is 10.1. The van der Waals surface area contributed by atoms with Crippen LogP contribution in [-0.2, 0) is 0 Å². The molecule has 0 bridgehead atoms. The summed E-state index contributed by atoms with van der Waals surface area (Å²) < 4.78 is 4.77. The van der Waals surface area contributed by atoms with E-state index in [4.69, 9.17) is 15.0 Å². The number of benzene rings is 8. The molecule has 0 atom stereocenters. The van der Waals surface area contributed by atoms with E-state index in [0.29, 0.717) is 17.5 Å². The maximum absolute atomic E-state index is 4.99. The second-order valence-corrected chi connectivity index (χ2v) is 14.1. The lowest BCUT2D eigenvalue weighted by molar-refractivity contribution is 1.07. The van der Waals surface area contributed by atoms with Gasteiger partial charge in [0.05, 0.1) is 22.1 Å². The van der Waals surface area contributed by atoms with E-state index in [1.165, 1.54) is 38.1 Å². The zero-order chi connectivity index (χ0) is 37.0. The molecule has 286 valence electrons. The first-order valence-corrected chi connectivity index (χ1v) is 18.9. The lowest BCUT2D eigenvalue weighted by Gasteiger charge is -2.13. The molecule has 3 aromatic heterocycles. The van der Waals surface area contributed by atoms with E-state index in [9.17, 15) is 0 Å². The van der Waals surface area contributed by atoms with Crippen LogP contribution >= 0.6 is 0 Å². The van der Waals surface area contributed by atoms with Crippen LogP contribution in [0.1, 0.15) is 14.9 Å². The van der Waals surface area contributed by atoms with Gasteiger partial charge >= 0.3 is 0 Å². The van der Waals surface area contributed by atoms with Crippen molar-refractivity contribution in [3.8, 4) is 56.7 Å². The van der Waals surface area contributed by atoms with E-state index < -0.39 is 0 Å². The quantitative estimate of drug-likeness (QED) is 0.169. The van der Waals surface area contributed by atoms with Gasteiger partial charge in [0.1, 0.15) is 0 Å². The van der Waals surface area contributed by atoms with Crippen molar-refractivity contribution in [1.29, 1.82) is 0 Å². The van der Waals surface area contributed by atoms with Gasteiger partial charge in [0.2, 0.25) is 0 Å². The third-order valence-electron chi connectivity index (χ3n) is 10.8. The Hall–Kier alpha value is -7.70. The number of hydrogen-bond acceptors (Lipinski definition) is 3. The lowest BCUT2D eigenvalue weighted by Crippen LogP contribution is -2.00. The van der Waals surface area contributed by atoms with E-state index in [-0.39, 0.29) is 19.6 Å². The van der Waals surface area contributed by atoms with Crippen LogP contribution in [-0.4, -0.2) is 24.1 Å². The highest BCUT2D eigenvalue weighted by molar-refractivity contribution is 6.11. The summed E-state index contributed by atoms with van der Waals surface area (Å²) in [6.45, 7) is 0. The molecule has 0 saturated carbocycles. The first kappa shape index (κ1) is 38.2. The summed E-state index contributed by atoms with van der Waals surface area (Å²) in [6, 6.07) is 70.5. The number of aromatic nitrogens is 5. The lowest BCUT2D eigenvalue weighted by atomic mass is 10.0. The predicted octanol–water partition coefficient (Wildman–Crippen LogP) is 14.2. The second-order valence-electron chi connectivity index (χ2n) is 14.1. The van der Waals surface area contributed by atoms with Crippen LogP contribution in [0.5, 0.6) is 0 Å². The molecular weight excluding hydrogens is 726 g/mol. The Balaban J connectivity index is 0.00000161. The predicted molar refractivity (Wildman–Crippen MR) is 246 cm³/mol. The summed E-state index contributed by atoms with van der Waals surface area (Å²) in [7, 11) is 0. The molecular formula is C53H42FN5. The van der Waals surface area contributed by atoms with E-state index in [1.54, 1.807) is 0 Å². The average molecular weight is 768 g/mol. The fourth-order valence-corrected chi connectivity index (χ4v) is 8.18. The van der Waals surface area contributed by atoms with Crippen LogP contribution in [0.4, 0.5) is 4.70 Å². The fraction of sp³-hybridized carbons (Fsp3) is 0.0377. The van der Waals surface area contributed by atoms with Crippen molar-refractivity contribution >= 4 is 43.6 Å².